The first kappa shape index (κ1) is 16.9. The predicted molar refractivity (Wildman–Crippen MR) is 98.5 cm³/mol. The summed E-state index contributed by atoms with van der Waals surface area (Å²) < 4.78 is 14.2. The molecule has 0 aliphatic carbocycles. The van der Waals surface area contributed by atoms with E-state index in [0.717, 1.165) is 22.3 Å². The van der Waals surface area contributed by atoms with Gasteiger partial charge in [-0.05, 0) is 65.9 Å². The van der Waals surface area contributed by atoms with Gasteiger partial charge in [0.1, 0.15) is 11.6 Å². The Morgan fingerprint density at radius 3 is 2.48 bits per heavy atom. The number of nitriles is 1. The van der Waals surface area contributed by atoms with Gasteiger partial charge in [0.05, 0.1) is 11.6 Å². The highest BCUT2D eigenvalue weighted by Crippen LogP contribution is 2.36. The largest absolute Gasteiger partial charge is 0.383 e. The van der Waals surface area contributed by atoms with Crippen LogP contribution >= 0.6 is 11.6 Å². The van der Waals surface area contributed by atoms with Crippen molar-refractivity contribution in [1.82, 2.24) is 9.97 Å². The van der Waals surface area contributed by atoms with Crippen molar-refractivity contribution in [2.24, 2.45) is 0 Å². The SMILES string of the molecule is Cc1cc(/C=C/C#N)cc(C)c1-c1cc(F)cc2c(N)nc(Cl)nc12. The number of halogens is 2. The van der Waals surface area contributed by atoms with Crippen LogP contribution < -0.4 is 5.73 Å². The van der Waals surface area contributed by atoms with Crippen LogP contribution in [0.15, 0.2) is 30.3 Å². The molecule has 0 radical (unpaired) electrons. The van der Waals surface area contributed by atoms with Gasteiger partial charge in [0, 0.05) is 17.0 Å². The molecule has 4 nitrogen and oxygen atoms in total. The Morgan fingerprint density at radius 1 is 1.16 bits per heavy atom. The molecule has 0 aliphatic heterocycles. The second-order valence-electron chi connectivity index (χ2n) is 5.72. The van der Waals surface area contributed by atoms with Crippen LogP contribution in [0.25, 0.3) is 28.1 Å². The maximum atomic E-state index is 14.2. The van der Waals surface area contributed by atoms with Crippen LogP contribution in [0.1, 0.15) is 16.7 Å². The Morgan fingerprint density at radius 2 is 1.84 bits per heavy atom. The number of aryl methyl sites for hydroxylation is 2. The quantitative estimate of drug-likeness (QED) is 0.529. The molecule has 0 saturated heterocycles. The summed E-state index contributed by atoms with van der Waals surface area (Å²) in [6.07, 6.45) is 3.14. The summed E-state index contributed by atoms with van der Waals surface area (Å²) in [7, 11) is 0. The molecule has 1 heterocycles. The Balaban J connectivity index is 2.34. The lowest BCUT2D eigenvalue weighted by molar-refractivity contribution is 0.630. The summed E-state index contributed by atoms with van der Waals surface area (Å²) >= 11 is 5.95. The maximum absolute atomic E-state index is 14.2. The molecule has 0 fully saturated rings. The van der Waals surface area contributed by atoms with E-state index in [1.807, 2.05) is 32.0 Å². The molecule has 2 N–H and O–H groups in total. The lowest BCUT2D eigenvalue weighted by atomic mass is 9.92. The first-order chi connectivity index (χ1) is 11.9. The van der Waals surface area contributed by atoms with Gasteiger partial charge in [-0.1, -0.05) is 12.1 Å². The molecule has 0 unspecified atom stereocenters. The monoisotopic (exact) mass is 352 g/mol. The highest BCUT2D eigenvalue weighted by Gasteiger charge is 2.16. The summed E-state index contributed by atoms with van der Waals surface area (Å²) in [4.78, 5) is 8.15. The highest BCUT2D eigenvalue weighted by atomic mass is 35.5. The van der Waals surface area contributed by atoms with Gasteiger partial charge in [-0.2, -0.15) is 5.26 Å². The normalized spacial score (nSPS) is 11.2. The van der Waals surface area contributed by atoms with E-state index in [2.05, 4.69) is 9.97 Å². The molecule has 0 atom stereocenters. The van der Waals surface area contributed by atoms with Crippen LogP contribution in [0.4, 0.5) is 10.2 Å². The Hall–Kier alpha value is -2.97. The molecule has 124 valence electrons. The third kappa shape index (κ3) is 3.17. The van der Waals surface area contributed by atoms with Crippen LogP contribution in [-0.4, -0.2) is 9.97 Å². The number of hydrogen-bond acceptors (Lipinski definition) is 4. The lowest BCUT2D eigenvalue weighted by Gasteiger charge is -2.14. The standard InChI is InChI=1S/C19H14ClFN4/c1-10-6-12(4-3-5-22)7-11(2)16(10)14-8-13(21)9-15-17(14)24-19(20)25-18(15)23/h3-4,6-9H,1-2H3,(H2,23,24,25)/b4-3+. The van der Waals surface area contributed by atoms with Crippen molar-refractivity contribution in [3.05, 3.63) is 58.1 Å². The molecule has 2 aromatic carbocycles. The lowest BCUT2D eigenvalue weighted by Crippen LogP contribution is -1.99. The van der Waals surface area contributed by atoms with Crippen LogP contribution in [0.3, 0.4) is 0 Å². The topological polar surface area (TPSA) is 75.6 Å². The van der Waals surface area contributed by atoms with Gasteiger partial charge in [0.2, 0.25) is 5.28 Å². The molecule has 6 heteroatoms. The van der Waals surface area contributed by atoms with E-state index in [4.69, 9.17) is 22.6 Å². The van der Waals surface area contributed by atoms with Crippen molar-refractivity contribution in [1.29, 1.82) is 5.26 Å². The highest BCUT2D eigenvalue weighted by molar-refractivity contribution is 6.29. The van der Waals surface area contributed by atoms with Crippen LogP contribution in [0.5, 0.6) is 0 Å². The van der Waals surface area contributed by atoms with E-state index in [1.165, 1.54) is 18.2 Å². The summed E-state index contributed by atoms with van der Waals surface area (Å²) in [5.74, 6) is -0.285. The number of fused-ring (bicyclic) bond motifs is 1. The Kier molecular flexibility index (Phi) is 4.39. The van der Waals surface area contributed by atoms with Crippen LogP contribution in [0.2, 0.25) is 5.28 Å². The molecule has 0 bridgehead atoms. The Labute approximate surface area is 149 Å². The van der Waals surface area contributed by atoms with Gasteiger partial charge in [0.15, 0.2) is 0 Å². The van der Waals surface area contributed by atoms with Crippen molar-refractivity contribution in [3.63, 3.8) is 0 Å². The number of benzene rings is 2. The van der Waals surface area contributed by atoms with E-state index < -0.39 is 5.82 Å². The van der Waals surface area contributed by atoms with Crippen LogP contribution in [0, 0.1) is 31.0 Å². The zero-order chi connectivity index (χ0) is 18.1. The number of nitrogens with zero attached hydrogens (tertiary/aromatic N) is 3. The number of hydrogen-bond donors (Lipinski definition) is 1. The fourth-order valence-corrected chi connectivity index (χ4v) is 3.21. The minimum atomic E-state index is -0.424. The molecular formula is C19H14ClFN4. The fourth-order valence-electron chi connectivity index (χ4n) is 3.03. The summed E-state index contributed by atoms with van der Waals surface area (Å²) in [5.41, 5.74) is 10.6. The smallest absolute Gasteiger partial charge is 0.224 e. The summed E-state index contributed by atoms with van der Waals surface area (Å²) in [6.45, 7) is 3.85. The van der Waals surface area contributed by atoms with Gasteiger partial charge >= 0.3 is 0 Å². The summed E-state index contributed by atoms with van der Waals surface area (Å²) in [5, 5.41) is 9.12. The van der Waals surface area contributed by atoms with E-state index in [9.17, 15) is 4.39 Å². The van der Waals surface area contributed by atoms with Gasteiger partial charge in [-0.3, -0.25) is 0 Å². The number of rotatable bonds is 2. The summed E-state index contributed by atoms with van der Waals surface area (Å²) in [6, 6.07) is 8.56. The zero-order valence-electron chi connectivity index (χ0n) is 13.6. The zero-order valence-corrected chi connectivity index (χ0v) is 14.4. The first-order valence-electron chi connectivity index (χ1n) is 7.50. The third-order valence-electron chi connectivity index (χ3n) is 3.94. The minimum absolute atomic E-state index is 0.0155. The minimum Gasteiger partial charge on any atom is -0.383 e. The molecule has 3 aromatic rings. The second-order valence-corrected chi connectivity index (χ2v) is 6.06. The van der Waals surface area contributed by atoms with Crippen molar-refractivity contribution in [2.45, 2.75) is 13.8 Å². The number of nitrogen functional groups attached to an aromatic ring is 1. The van der Waals surface area contributed by atoms with Crippen molar-refractivity contribution in [2.75, 3.05) is 5.73 Å². The fraction of sp³-hybridized carbons (Fsp3) is 0.105. The maximum Gasteiger partial charge on any atom is 0.224 e. The molecule has 25 heavy (non-hydrogen) atoms. The predicted octanol–water partition coefficient (Wildman–Crippen LogP) is 4.83. The molecule has 0 aliphatic rings. The van der Waals surface area contributed by atoms with Crippen molar-refractivity contribution in [3.8, 4) is 17.2 Å². The molecule has 1 aromatic heterocycles. The molecular weight excluding hydrogens is 339 g/mol. The van der Waals surface area contributed by atoms with E-state index >= 15 is 0 Å². The molecule has 0 saturated carbocycles. The molecule has 0 spiro atoms. The second kappa shape index (κ2) is 6.50. The third-order valence-corrected chi connectivity index (χ3v) is 4.11. The molecule has 3 rings (SSSR count). The van der Waals surface area contributed by atoms with Crippen molar-refractivity contribution >= 4 is 34.4 Å². The van der Waals surface area contributed by atoms with E-state index in [0.29, 0.717) is 16.5 Å². The average molecular weight is 353 g/mol. The van der Waals surface area contributed by atoms with Crippen LogP contribution in [-0.2, 0) is 0 Å². The van der Waals surface area contributed by atoms with Gasteiger partial charge < -0.3 is 5.73 Å². The number of aromatic nitrogens is 2. The number of allylic oxidation sites excluding steroid dienone is 1. The van der Waals surface area contributed by atoms with Gasteiger partial charge in [-0.25, -0.2) is 14.4 Å². The van der Waals surface area contributed by atoms with E-state index in [-0.39, 0.29) is 11.1 Å². The van der Waals surface area contributed by atoms with Gasteiger partial charge in [-0.15, -0.1) is 0 Å². The van der Waals surface area contributed by atoms with Crippen molar-refractivity contribution < 1.29 is 4.39 Å². The first-order valence-corrected chi connectivity index (χ1v) is 7.88. The van der Waals surface area contributed by atoms with Gasteiger partial charge in [0.25, 0.3) is 0 Å². The number of anilines is 1. The number of nitrogens with two attached hydrogens (primary N) is 1. The van der Waals surface area contributed by atoms with E-state index in [1.54, 1.807) is 6.08 Å². The Bertz CT molecular complexity index is 1040. The average Bonchev–Trinajstić information content (AvgIpc) is 2.53. The molecule has 0 amide bonds.